The zero-order valence-corrected chi connectivity index (χ0v) is 17.9. The quantitative estimate of drug-likeness (QED) is 0.511. The minimum absolute atomic E-state index is 0.538. The number of halogens is 2. The van der Waals surface area contributed by atoms with E-state index in [1.54, 1.807) is 23.5 Å². The van der Waals surface area contributed by atoms with Gasteiger partial charge >= 0.3 is 0 Å². The van der Waals surface area contributed by atoms with Crippen LogP contribution in [-0.2, 0) is 11.5 Å². The van der Waals surface area contributed by atoms with Gasteiger partial charge in [0.2, 0.25) is 0 Å². The monoisotopic (exact) mass is 490 g/mol. The number of benzene rings is 2. The van der Waals surface area contributed by atoms with Crippen LogP contribution in [-0.4, -0.2) is 33.9 Å². The van der Waals surface area contributed by atoms with Gasteiger partial charge in [-0.2, -0.15) is 23.5 Å². The summed E-state index contributed by atoms with van der Waals surface area (Å²) in [6.07, 6.45) is -1.38. The third-order valence-corrected chi connectivity index (χ3v) is 6.67. The topological polar surface area (TPSA) is 40.5 Å². The van der Waals surface area contributed by atoms with Gasteiger partial charge in [-0.1, -0.05) is 56.1 Å². The molecule has 2 aromatic rings. The highest BCUT2D eigenvalue weighted by Crippen LogP contribution is 2.20. The van der Waals surface area contributed by atoms with Crippen molar-refractivity contribution in [2.24, 2.45) is 0 Å². The first-order valence-corrected chi connectivity index (χ1v) is 11.4. The van der Waals surface area contributed by atoms with Gasteiger partial charge in [0.15, 0.2) is 0 Å². The van der Waals surface area contributed by atoms with Crippen molar-refractivity contribution in [2.75, 3.05) is 11.5 Å². The Morgan fingerprint density at radius 1 is 0.667 bits per heavy atom. The molecule has 0 aliphatic carbocycles. The van der Waals surface area contributed by atoms with Crippen LogP contribution in [0.1, 0.15) is 11.1 Å². The van der Waals surface area contributed by atoms with E-state index in [-0.39, 0.29) is 0 Å². The van der Waals surface area contributed by atoms with E-state index >= 15 is 0 Å². The van der Waals surface area contributed by atoms with E-state index in [4.69, 9.17) is 0 Å². The van der Waals surface area contributed by atoms with Crippen molar-refractivity contribution in [3.05, 3.63) is 68.6 Å². The summed E-state index contributed by atoms with van der Waals surface area (Å²) >= 11 is 10.1. The molecule has 24 heavy (non-hydrogen) atoms. The minimum atomic E-state index is -0.692. The standard InChI is InChI=1S/C18H20Br2O2S2/c19-15-5-1-13(2-6-15)9-23-11-17(21)18(22)12-24-10-14-3-7-16(20)8-4-14/h1-8,17-18,21-22H,9-12H2/t17-,18+. The zero-order chi connectivity index (χ0) is 17.4. The summed E-state index contributed by atoms with van der Waals surface area (Å²) in [5, 5.41) is 20.2. The van der Waals surface area contributed by atoms with Crippen molar-refractivity contribution < 1.29 is 10.2 Å². The molecule has 0 heterocycles. The van der Waals surface area contributed by atoms with E-state index in [9.17, 15) is 10.2 Å². The van der Waals surface area contributed by atoms with Crippen molar-refractivity contribution in [3.8, 4) is 0 Å². The van der Waals surface area contributed by atoms with Crippen molar-refractivity contribution in [2.45, 2.75) is 23.7 Å². The van der Waals surface area contributed by atoms with Crippen LogP contribution < -0.4 is 0 Å². The van der Waals surface area contributed by atoms with Crippen LogP contribution in [0.15, 0.2) is 57.5 Å². The summed E-state index contributed by atoms with van der Waals surface area (Å²) in [5.74, 6) is 2.75. The fourth-order valence-electron chi connectivity index (χ4n) is 1.98. The molecule has 2 aromatic carbocycles. The van der Waals surface area contributed by atoms with Crippen molar-refractivity contribution in [3.63, 3.8) is 0 Å². The molecule has 0 aromatic heterocycles. The third kappa shape index (κ3) is 7.50. The number of hydrogen-bond donors (Lipinski definition) is 2. The van der Waals surface area contributed by atoms with Gasteiger partial charge in [0.25, 0.3) is 0 Å². The fourth-order valence-corrected chi connectivity index (χ4v) is 4.53. The number of hydrogen-bond acceptors (Lipinski definition) is 4. The number of thioether (sulfide) groups is 2. The normalized spacial score (nSPS) is 13.7. The summed E-state index contributed by atoms with van der Waals surface area (Å²) in [7, 11) is 0. The Labute approximate surface area is 168 Å². The number of aliphatic hydroxyl groups is 2. The molecule has 0 saturated carbocycles. The van der Waals surface area contributed by atoms with E-state index in [2.05, 4.69) is 56.1 Å². The molecule has 0 fully saturated rings. The van der Waals surface area contributed by atoms with Gasteiger partial charge in [-0.25, -0.2) is 0 Å². The molecule has 0 saturated heterocycles. The van der Waals surface area contributed by atoms with Crippen LogP contribution in [0.4, 0.5) is 0 Å². The Morgan fingerprint density at radius 2 is 1.00 bits per heavy atom. The molecule has 0 amide bonds. The first kappa shape index (κ1) is 20.3. The lowest BCUT2D eigenvalue weighted by atomic mass is 10.2. The zero-order valence-electron chi connectivity index (χ0n) is 13.1. The second kappa shape index (κ2) is 10.9. The lowest BCUT2D eigenvalue weighted by molar-refractivity contribution is 0.0500. The van der Waals surface area contributed by atoms with Gasteiger partial charge < -0.3 is 10.2 Å². The summed E-state index contributed by atoms with van der Waals surface area (Å²) in [6.45, 7) is 0. The van der Waals surface area contributed by atoms with Crippen LogP contribution in [0.25, 0.3) is 0 Å². The Kier molecular flexibility index (Phi) is 9.22. The van der Waals surface area contributed by atoms with Crippen LogP contribution in [0.2, 0.25) is 0 Å². The minimum Gasteiger partial charge on any atom is -0.390 e. The van der Waals surface area contributed by atoms with E-state index < -0.39 is 12.2 Å². The SMILES string of the molecule is O[C@H](CSCc1ccc(Br)cc1)[C@@H](O)CSCc1ccc(Br)cc1. The second-order valence-electron chi connectivity index (χ2n) is 5.42. The molecule has 2 rings (SSSR count). The molecular formula is C18H20Br2O2S2. The van der Waals surface area contributed by atoms with Gasteiger partial charge in [-0.15, -0.1) is 0 Å². The summed E-state index contributed by atoms with van der Waals surface area (Å²) < 4.78 is 2.13. The molecule has 130 valence electrons. The Hall–Kier alpha value is 0.0200. The number of rotatable bonds is 9. The Balaban J connectivity index is 1.63. The smallest absolute Gasteiger partial charge is 0.0897 e. The highest BCUT2D eigenvalue weighted by atomic mass is 79.9. The summed E-state index contributed by atoms with van der Waals surface area (Å²) in [4.78, 5) is 0. The van der Waals surface area contributed by atoms with Crippen molar-refractivity contribution >= 4 is 55.4 Å². The lowest BCUT2D eigenvalue weighted by Crippen LogP contribution is -2.30. The molecular weight excluding hydrogens is 472 g/mol. The maximum atomic E-state index is 10.1. The molecule has 2 atom stereocenters. The predicted octanol–water partition coefficient (Wildman–Crippen LogP) is 5.10. The second-order valence-corrected chi connectivity index (χ2v) is 9.31. The average molecular weight is 492 g/mol. The predicted molar refractivity (Wildman–Crippen MR) is 113 cm³/mol. The molecule has 0 aliphatic heterocycles. The van der Waals surface area contributed by atoms with E-state index in [1.165, 1.54) is 11.1 Å². The van der Waals surface area contributed by atoms with Gasteiger partial charge in [0, 0.05) is 32.0 Å². The highest BCUT2D eigenvalue weighted by molar-refractivity contribution is 9.10. The first-order valence-electron chi connectivity index (χ1n) is 7.55. The maximum absolute atomic E-state index is 10.1. The summed E-state index contributed by atoms with van der Waals surface area (Å²) in [5.41, 5.74) is 2.43. The van der Waals surface area contributed by atoms with E-state index in [1.807, 2.05) is 24.3 Å². The first-order chi connectivity index (χ1) is 11.5. The van der Waals surface area contributed by atoms with Gasteiger partial charge in [0.1, 0.15) is 0 Å². The highest BCUT2D eigenvalue weighted by Gasteiger charge is 2.16. The van der Waals surface area contributed by atoms with Crippen LogP contribution >= 0.6 is 55.4 Å². The van der Waals surface area contributed by atoms with Crippen LogP contribution in [0.5, 0.6) is 0 Å². The molecule has 2 N–H and O–H groups in total. The number of aliphatic hydroxyl groups excluding tert-OH is 2. The van der Waals surface area contributed by atoms with Gasteiger partial charge in [-0.3, -0.25) is 0 Å². The molecule has 0 aliphatic rings. The van der Waals surface area contributed by atoms with E-state index in [0.717, 1.165) is 20.5 Å². The molecule has 0 radical (unpaired) electrons. The third-order valence-electron chi connectivity index (χ3n) is 3.39. The molecule has 2 nitrogen and oxygen atoms in total. The van der Waals surface area contributed by atoms with Gasteiger partial charge in [-0.05, 0) is 35.4 Å². The maximum Gasteiger partial charge on any atom is 0.0897 e. The molecule has 0 spiro atoms. The average Bonchev–Trinajstić information content (AvgIpc) is 2.58. The van der Waals surface area contributed by atoms with Crippen molar-refractivity contribution in [1.82, 2.24) is 0 Å². The van der Waals surface area contributed by atoms with Crippen LogP contribution in [0, 0.1) is 0 Å². The van der Waals surface area contributed by atoms with E-state index in [0.29, 0.717) is 11.5 Å². The lowest BCUT2D eigenvalue weighted by Gasteiger charge is -2.17. The van der Waals surface area contributed by atoms with Gasteiger partial charge in [0.05, 0.1) is 12.2 Å². The Morgan fingerprint density at radius 3 is 1.33 bits per heavy atom. The molecule has 6 heteroatoms. The van der Waals surface area contributed by atoms with Crippen molar-refractivity contribution in [1.29, 1.82) is 0 Å². The summed E-state index contributed by atoms with van der Waals surface area (Å²) in [6, 6.07) is 16.3. The largest absolute Gasteiger partial charge is 0.390 e. The Bertz CT molecular complexity index is 550. The molecule has 0 unspecified atom stereocenters. The molecule has 0 bridgehead atoms. The fraction of sp³-hybridized carbons (Fsp3) is 0.333. The van der Waals surface area contributed by atoms with Crippen LogP contribution in [0.3, 0.4) is 0 Å².